The number of anilines is 1. The van der Waals surface area contributed by atoms with Crippen LogP contribution in [0.3, 0.4) is 0 Å². The molecule has 1 saturated heterocycles. The number of β-lactam (4-membered cyclic amide) rings is 1. The van der Waals surface area contributed by atoms with Gasteiger partial charge in [-0.25, -0.2) is 19.7 Å². The van der Waals surface area contributed by atoms with Gasteiger partial charge in [-0.15, -0.1) is 11.8 Å². The average Bonchev–Trinajstić information content (AvgIpc) is 3.56. The van der Waals surface area contributed by atoms with E-state index in [4.69, 9.17) is 10.5 Å². The first-order valence-electron chi connectivity index (χ1n) is 14.4. The third-order valence-corrected chi connectivity index (χ3v) is 10.00. The van der Waals surface area contributed by atoms with Gasteiger partial charge in [0.25, 0.3) is 5.91 Å². The summed E-state index contributed by atoms with van der Waals surface area (Å²) < 4.78 is 6.22. The van der Waals surface area contributed by atoms with Crippen molar-refractivity contribution < 1.29 is 19.1 Å². The second kappa shape index (κ2) is 12.7. The molecule has 4 N–H and O–H groups in total. The number of H-pyrrole nitrogens is 1. The minimum Gasteiger partial charge on any atom is -0.448 e. The Balaban J connectivity index is 1.21. The van der Waals surface area contributed by atoms with Crippen LogP contribution in [0, 0.1) is 0 Å². The largest absolute Gasteiger partial charge is 0.448 e. The number of thioether (sulfide) groups is 2. The number of nitrogens with one attached hydrogen (secondary N) is 2. The number of hydrogen-bond acceptors (Lipinski definition) is 10. The van der Waals surface area contributed by atoms with Gasteiger partial charge >= 0.3 is 5.97 Å². The van der Waals surface area contributed by atoms with Crippen molar-refractivity contribution in [3.63, 3.8) is 0 Å². The van der Waals surface area contributed by atoms with Crippen molar-refractivity contribution in [2.75, 3.05) is 11.5 Å². The zero-order valence-corrected chi connectivity index (χ0v) is 25.8. The number of amides is 2. The van der Waals surface area contributed by atoms with Crippen LogP contribution in [-0.2, 0) is 25.5 Å². The number of hydrogen-bond donors (Lipinski definition) is 3. The van der Waals surface area contributed by atoms with Gasteiger partial charge in [0, 0.05) is 10.7 Å². The van der Waals surface area contributed by atoms with Crippen molar-refractivity contribution in [3.8, 4) is 0 Å². The highest BCUT2D eigenvalue weighted by Gasteiger charge is 2.55. The summed E-state index contributed by atoms with van der Waals surface area (Å²) in [5.41, 5.74) is 9.52. The van der Waals surface area contributed by atoms with E-state index in [2.05, 4.69) is 25.3 Å². The molecule has 5 aromatic rings. The fourth-order valence-electron chi connectivity index (χ4n) is 5.40. The van der Waals surface area contributed by atoms with Crippen LogP contribution in [0.2, 0.25) is 0 Å². The number of esters is 1. The molecule has 0 radical (unpaired) electrons. The lowest BCUT2D eigenvalue weighted by molar-refractivity contribution is -0.154. The number of ether oxygens (including phenoxy) is 1. The van der Waals surface area contributed by atoms with Crippen LogP contribution >= 0.6 is 23.5 Å². The lowest BCUT2D eigenvalue weighted by atomic mass is 10.0. The molecule has 230 valence electrons. The summed E-state index contributed by atoms with van der Waals surface area (Å²) in [4.78, 5) is 58.8. The Morgan fingerprint density at radius 3 is 2.33 bits per heavy atom. The lowest BCUT2D eigenvalue weighted by Gasteiger charge is -2.49. The molecule has 0 aliphatic carbocycles. The minimum absolute atomic E-state index is 0.0912. The van der Waals surface area contributed by atoms with Gasteiger partial charge in [0.05, 0.1) is 12.7 Å². The molecule has 2 aromatic heterocycles. The molecule has 13 heteroatoms. The van der Waals surface area contributed by atoms with Gasteiger partial charge in [-0.05, 0) is 16.7 Å². The van der Waals surface area contributed by atoms with Crippen molar-refractivity contribution in [2.24, 2.45) is 0 Å². The Labute approximate surface area is 272 Å². The Morgan fingerprint density at radius 1 is 1.00 bits per heavy atom. The van der Waals surface area contributed by atoms with Gasteiger partial charge in [0.15, 0.2) is 22.7 Å². The molecule has 11 nitrogen and oxygen atoms in total. The van der Waals surface area contributed by atoms with Gasteiger partial charge in [0.1, 0.15) is 22.6 Å². The van der Waals surface area contributed by atoms with Crippen LogP contribution in [0.5, 0.6) is 0 Å². The first kappa shape index (κ1) is 29.6. The average molecular weight is 650 g/mol. The van der Waals surface area contributed by atoms with E-state index >= 15 is 0 Å². The molecule has 0 saturated carbocycles. The molecule has 1 fully saturated rings. The number of nitrogen functional groups attached to an aromatic ring is 1. The molecule has 3 aromatic carbocycles. The van der Waals surface area contributed by atoms with E-state index < -0.39 is 29.4 Å². The van der Waals surface area contributed by atoms with Crippen LogP contribution in [-0.4, -0.2) is 59.8 Å². The topological polar surface area (TPSA) is 156 Å². The zero-order valence-electron chi connectivity index (χ0n) is 24.2. The monoisotopic (exact) mass is 649 g/mol. The summed E-state index contributed by atoms with van der Waals surface area (Å²) in [7, 11) is 0. The highest BCUT2D eigenvalue weighted by Crippen LogP contribution is 2.46. The number of rotatable bonds is 9. The van der Waals surface area contributed by atoms with Gasteiger partial charge < -0.3 is 20.8 Å². The number of carbonyl (C=O) groups excluding carboxylic acids is 3. The number of imidazole rings is 1. The second-order valence-corrected chi connectivity index (χ2v) is 12.8. The molecule has 2 amide bonds. The number of nitrogens with two attached hydrogens (primary N) is 1. The van der Waals surface area contributed by atoms with Crippen molar-refractivity contribution in [1.29, 1.82) is 0 Å². The molecule has 2 aliphatic heterocycles. The number of benzene rings is 3. The number of nitrogens with zero attached hydrogens (tertiary/aromatic N) is 4. The summed E-state index contributed by atoms with van der Waals surface area (Å²) in [6.07, 6.45) is 0.885. The highest BCUT2D eigenvalue weighted by molar-refractivity contribution is 8.06. The van der Waals surface area contributed by atoms with E-state index in [1.165, 1.54) is 23.0 Å². The maximum Gasteiger partial charge on any atom is 0.356 e. The van der Waals surface area contributed by atoms with Gasteiger partial charge in [-0.1, -0.05) is 103 Å². The van der Waals surface area contributed by atoms with Crippen LogP contribution in [0.25, 0.3) is 11.2 Å². The molecule has 7 rings (SSSR count). The Bertz CT molecular complexity index is 1920. The van der Waals surface area contributed by atoms with Gasteiger partial charge in [-0.3, -0.25) is 14.5 Å². The summed E-state index contributed by atoms with van der Waals surface area (Å²) in [6.45, 7) is 0. The molecule has 2 aliphatic rings. The molecular weight excluding hydrogens is 623 g/mol. The Kier molecular flexibility index (Phi) is 8.16. The first-order chi connectivity index (χ1) is 22.5. The van der Waals surface area contributed by atoms with E-state index in [0.717, 1.165) is 28.5 Å². The summed E-state index contributed by atoms with van der Waals surface area (Å²) in [5, 5.41) is 2.65. The van der Waals surface area contributed by atoms with Gasteiger partial charge in [0.2, 0.25) is 5.91 Å². The van der Waals surface area contributed by atoms with Crippen LogP contribution in [0.15, 0.2) is 113 Å². The van der Waals surface area contributed by atoms with E-state index in [0.29, 0.717) is 21.8 Å². The fraction of sp³-hybridized carbons (Fsp3) is 0.152. The smallest absolute Gasteiger partial charge is 0.356 e. The number of carbonyl (C=O) groups is 3. The minimum atomic E-state index is -0.790. The van der Waals surface area contributed by atoms with Crippen molar-refractivity contribution >= 4 is 58.3 Å². The molecule has 2 atom stereocenters. The third kappa shape index (κ3) is 5.82. The highest BCUT2D eigenvalue weighted by atomic mass is 32.2. The zero-order chi connectivity index (χ0) is 31.6. The maximum absolute atomic E-state index is 14.2. The van der Waals surface area contributed by atoms with E-state index in [1.807, 2.05) is 91.0 Å². The number of aromatic nitrogens is 4. The number of aromatic amines is 1. The lowest BCUT2D eigenvalue weighted by Crippen LogP contribution is -2.70. The molecule has 4 heterocycles. The first-order valence-corrected chi connectivity index (χ1v) is 16.3. The van der Waals surface area contributed by atoms with E-state index in [1.54, 1.807) is 0 Å². The predicted molar refractivity (Wildman–Crippen MR) is 175 cm³/mol. The summed E-state index contributed by atoms with van der Waals surface area (Å²) >= 11 is 2.57. The molecule has 0 spiro atoms. The quantitative estimate of drug-likeness (QED) is 0.120. The fourth-order valence-corrected chi connectivity index (χ4v) is 7.81. The van der Waals surface area contributed by atoms with Crippen LogP contribution in [0.4, 0.5) is 5.82 Å². The molecule has 1 unspecified atom stereocenters. The maximum atomic E-state index is 14.2. The van der Waals surface area contributed by atoms with Crippen molar-refractivity contribution in [3.05, 3.63) is 125 Å². The Hall–Kier alpha value is -5.14. The van der Waals surface area contributed by atoms with E-state index in [9.17, 15) is 14.4 Å². The van der Waals surface area contributed by atoms with Crippen LogP contribution in [0.1, 0.15) is 22.8 Å². The molecule has 0 bridgehead atoms. The Morgan fingerprint density at radius 2 is 1.65 bits per heavy atom. The normalized spacial score (nSPS) is 17.5. The van der Waals surface area contributed by atoms with Crippen molar-refractivity contribution in [2.45, 2.75) is 29.1 Å². The van der Waals surface area contributed by atoms with Crippen molar-refractivity contribution in [1.82, 2.24) is 30.2 Å². The number of fused-ring (bicyclic) bond motifs is 2. The van der Waals surface area contributed by atoms with Gasteiger partial charge in [-0.2, -0.15) is 0 Å². The third-order valence-electron chi connectivity index (χ3n) is 7.59. The summed E-state index contributed by atoms with van der Waals surface area (Å²) in [6, 6.07) is 27.3. The van der Waals surface area contributed by atoms with Crippen LogP contribution < -0.4 is 11.1 Å². The molecular formula is C33H27N7O4S2. The second-order valence-electron chi connectivity index (χ2n) is 10.6. The molecule has 46 heavy (non-hydrogen) atoms. The SMILES string of the molecule is Nc1nc(SC2=C(C(=O)OC(c3ccccc3)c3ccccc3)N3C(=O)C(NC(=O)Cc4ccccc4)[C@H]3SC2)nc2nc[nH]c12. The van der Waals surface area contributed by atoms with E-state index in [-0.39, 0.29) is 29.0 Å². The standard InChI is InChI=1S/C33H27N7O4S2/c34-28-24-29(36-18-35-24)39-33(38-28)46-22-17-45-31-25(37-23(41)16-19-10-4-1-5-11-19)30(42)40(31)26(22)32(43)44-27(20-12-6-2-7-13-20)21-14-8-3-9-15-21/h1-15,18,25,27,31H,16-17H2,(H,37,41)(H3,34,35,36,38,39)/t25?,31-/m1/s1. The predicted octanol–water partition coefficient (Wildman–Crippen LogP) is 4.21. The summed E-state index contributed by atoms with van der Waals surface area (Å²) in [5.74, 6) is -0.796.